The van der Waals surface area contributed by atoms with Crippen LogP contribution in [0.1, 0.15) is 39.0 Å². The third kappa shape index (κ3) is 3.05. The standard InChI is InChI=1S/C13H20N2O4/c1-2-4-11-9(7-12(17)19-11)14-13(18)10-5-3-6-15(10)8-16/h8-11H,2-7H2,1H3,(H,14,18)/t9?,10?,11-/m0/s1. The molecule has 106 valence electrons. The molecule has 3 atom stereocenters. The molecule has 0 aliphatic carbocycles. The van der Waals surface area contributed by atoms with Gasteiger partial charge in [-0.25, -0.2) is 0 Å². The highest BCUT2D eigenvalue weighted by molar-refractivity contribution is 5.85. The summed E-state index contributed by atoms with van der Waals surface area (Å²) in [6, 6.07) is -0.649. The van der Waals surface area contributed by atoms with Crippen LogP contribution in [0, 0.1) is 0 Å². The van der Waals surface area contributed by atoms with Gasteiger partial charge in [-0.15, -0.1) is 0 Å². The minimum Gasteiger partial charge on any atom is -0.460 e. The van der Waals surface area contributed by atoms with Gasteiger partial charge in [0.1, 0.15) is 12.1 Å². The summed E-state index contributed by atoms with van der Waals surface area (Å²) in [5.41, 5.74) is 0. The van der Waals surface area contributed by atoms with Crippen LogP contribution < -0.4 is 5.32 Å². The Kier molecular flexibility index (Phi) is 4.39. The molecule has 2 aliphatic rings. The maximum atomic E-state index is 12.1. The van der Waals surface area contributed by atoms with E-state index in [1.54, 1.807) is 0 Å². The molecule has 2 aliphatic heterocycles. The van der Waals surface area contributed by atoms with Crippen LogP contribution in [0.3, 0.4) is 0 Å². The zero-order chi connectivity index (χ0) is 13.8. The van der Waals surface area contributed by atoms with Crippen LogP contribution in [0.25, 0.3) is 0 Å². The monoisotopic (exact) mass is 268 g/mol. The number of nitrogens with one attached hydrogen (secondary N) is 1. The summed E-state index contributed by atoms with van der Waals surface area (Å²) < 4.78 is 5.19. The van der Waals surface area contributed by atoms with E-state index in [0.29, 0.717) is 13.0 Å². The number of rotatable bonds is 5. The number of amides is 2. The summed E-state index contributed by atoms with van der Waals surface area (Å²) in [5, 5.41) is 2.87. The molecular formula is C13H20N2O4. The average molecular weight is 268 g/mol. The van der Waals surface area contributed by atoms with E-state index in [1.165, 1.54) is 4.90 Å². The highest BCUT2D eigenvalue weighted by atomic mass is 16.6. The number of nitrogens with zero attached hydrogens (tertiary/aromatic N) is 1. The van der Waals surface area contributed by atoms with Gasteiger partial charge in [0.15, 0.2) is 0 Å². The molecule has 0 radical (unpaired) electrons. The topological polar surface area (TPSA) is 75.7 Å². The molecule has 2 amide bonds. The van der Waals surface area contributed by atoms with Crippen molar-refractivity contribution >= 4 is 18.3 Å². The summed E-state index contributed by atoms with van der Waals surface area (Å²) >= 11 is 0. The van der Waals surface area contributed by atoms with Crippen LogP contribution in [0.5, 0.6) is 0 Å². The van der Waals surface area contributed by atoms with E-state index < -0.39 is 6.04 Å². The molecule has 0 aromatic heterocycles. The molecule has 0 aromatic carbocycles. The van der Waals surface area contributed by atoms with Gasteiger partial charge in [0.2, 0.25) is 12.3 Å². The lowest BCUT2D eigenvalue weighted by molar-refractivity contribution is -0.141. The number of cyclic esters (lactones) is 1. The molecule has 6 nitrogen and oxygen atoms in total. The Balaban J connectivity index is 1.94. The van der Waals surface area contributed by atoms with E-state index in [-0.39, 0.29) is 30.4 Å². The van der Waals surface area contributed by atoms with Gasteiger partial charge < -0.3 is 15.0 Å². The van der Waals surface area contributed by atoms with Crippen LogP contribution in [-0.4, -0.2) is 47.9 Å². The SMILES string of the molecule is CCC[C@@H]1OC(=O)CC1NC(=O)C1CCCN1C=O. The number of esters is 1. The Morgan fingerprint density at radius 1 is 1.58 bits per heavy atom. The third-order valence-corrected chi connectivity index (χ3v) is 3.75. The van der Waals surface area contributed by atoms with Gasteiger partial charge in [-0.1, -0.05) is 13.3 Å². The molecule has 2 saturated heterocycles. The molecule has 2 heterocycles. The van der Waals surface area contributed by atoms with E-state index in [9.17, 15) is 14.4 Å². The first-order valence-electron chi connectivity index (χ1n) is 6.86. The normalized spacial score (nSPS) is 30.3. The Morgan fingerprint density at radius 3 is 3.05 bits per heavy atom. The summed E-state index contributed by atoms with van der Waals surface area (Å²) in [6.07, 6.45) is 3.89. The van der Waals surface area contributed by atoms with Gasteiger partial charge in [0, 0.05) is 6.54 Å². The summed E-state index contributed by atoms with van der Waals surface area (Å²) in [7, 11) is 0. The molecule has 1 N–H and O–H groups in total. The van der Waals surface area contributed by atoms with Crippen molar-refractivity contribution in [3.05, 3.63) is 0 Å². The average Bonchev–Trinajstić information content (AvgIpc) is 2.97. The van der Waals surface area contributed by atoms with Crippen molar-refractivity contribution in [1.82, 2.24) is 10.2 Å². The molecule has 2 fully saturated rings. The van der Waals surface area contributed by atoms with Gasteiger partial charge in [-0.2, -0.15) is 0 Å². The van der Waals surface area contributed by atoms with Crippen LogP contribution in [0.15, 0.2) is 0 Å². The van der Waals surface area contributed by atoms with E-state index in [0.717, 1.165) is 25.7 Å². The first-order chi connectivity index (χ1) is 9.15. The second kappa shape index (κ2) is 6.04. The molecule has 0 spiro atoms. The van der Waals surface area contributed by atoms with Crippen molar-refractivity contribution in [2.45, 2.75) is 57.2 Å². The summed E-state index contributed by atoms with van der Waals surface area (Å²) in [5.74, 6) is -0.434. The largest absolute Gasteiger partial charge is 0.460 e. The van der Waals surface area contributed by atoms with E-state index >= 15 is 0 Å². The fourth-order valence-electron chi connectivity index (χ4n) is 2.77. The maximum Gasteiger partial charge on any atom is 0.308 e. The van der Waals surface area contributed by atoms with Crippen molar-refractivity contribution in [3.63, 3.8) is 0 Å². The fraction of sp³-hybridized carbons (Fsp3) is 0.769. The van der Waals surface area contributed by atoms with Crippen molar-refractivity contribution in [1.29, 1.82) is 0 Å². The summed E-state index contributed by atoms with van der Waals surface area (Å²) in [4.78, 5) is 35.8. The molecule has 2 unspecified atom stereocenters. The molecule has 0 bridgehead atoms. The lowest BCUT2D eigenvalue weighted by Crippen LogP contribution is -2.48. The van der Waals surface area contributed by atoms with Crippen LogP contribution >= 0.6 is 0 Å². The van der Waals surface area contributed by atoms with Crippen LogP contribution in [0.2, 0.25) is 0 Å². The van der Waals surface area contributed by atoms with Crippen molar-refractivity contribution < 1.29 is 19.1 Å². The molecule has 6 heteroatoms. The molecule has 19 heavy (non-hydrogen) atoms. The second-order valence-corrected chi connectivity index (χ2v) is 5.14. The third-order valence-electron chi connectivity index (χ3n) is 3.75. The lowest BCUT2D eigenvalue weighted by atomic mass is 10.1. The molecular weight excluding hydrogens is 248 g/mol. The number of carbonyl (C=O) groups excluding carboxylic acids is 3. The molecule has 0 saturated carbocycles. The van der Waals surface area contributed by atoms with Crippen molar-refractivity contribution in [2.24, 2.45) is 0 Å². The predicted molar refractivity (Wildman–Crippen MR) is 67.1 cm³/mol. The van der Waals surface area contributed by atoms with Gasteiger partial charge >= 0.3 is 5.97 Å². The lowest BCUT2D eigenvalue weighted by Gasteiger charge is -2.23. The first kappa shape index (κ1) is 13.8. The Bertz CT molecular complexity index is 372. The van der Waals surface area contributed by atoms with Crippen molar-refractivity contribution in [2.75, 3.05) is 6.54 Å². The predicted octanol–water partition coefficient (Wildman–Crippen LogP) is 0.208. The van der Waals surface area contributed by atoms with Crippen molar-refractivity contribution in [3.8, 4) is 0 Å². The number of ether oxygens (including phenoxy) is 1. The van der Waals surface area contributed by atoms with E-state index in [2.05, 4.69) is 5.32 Å². The van der Waals surface area contributed by atoms with Gasteiger partial charge in [-0.3, -0.25) is 14.4 Å². The minimum atomic E-state index is -0.393. The number of hydrogen-bond acceptors (Lipinski definition) is 4. The highest BCUT2D eigenvalue weighted by Crippen LogP contribution is 2.21. The fourth-order valence-corrected chi connectivity index (χ4v) is 2.77. The summed E-state index contributed by atoms with van der Waals surface area (Å²) in [6.45, 7) is 2.64. The highest BCUT2D eigenvalue weighted by Gasteiger charge is 2.38. The number of hydrogen-bond donors (Lipinski definition) is 1. The Labute approximate surface area is 112 Å². The number of likely N-dealkylation sites (tertiary alicyclic amines) is 1. The van der Waals surface area contributed by atoms with E-state index in [4.69, 9.17) is 4.74 Å². The Hall–Kier alpha value is -1.59. The zero-order valence-corrected chi connectivity index (χ0v) is 11.1. The molecule has 0 aromatic rings. The molecule has 2 rings (SSSR count). The van der Waals surface area contributed by atoms with Crippen LogP contribution in [0.4, 0.5) is 0 Å². The quantitative estimate of drug-likeness (QED) is 0.571. The first-order valence-corrected chi connectivity index (χ1v) is 6.86. The van der Waals surface area contributed by atoms with Gasteiger partial charge in [-0.05, 0) is 19.3 Å². The zero-order valence-electron chi connectivity index (χ0n) is 11.1. The smallest absolute Gasteiger partial charge is 0.308 e. The maximum absolute atomic E-state index is 12.1. The Morgan fingerprint density at radius 2 is 2.37 bits per heavy atom. The van der Waals surface area contributed by atoms with E-state index in [1.807, 2.05) is 6.92 Å². The number of carbonyl (C=O) groups is 3. The second-order valence-electron chi connectivity index (χ2n) is 5.14. The van der Waals surface area contributed by atoms with Crippen LogP contribution in [-0.2, 0) is 19.1 Å². The van der Waals surface area contributed by atoms with Gasteiger partial charge in [0.25, 0.3) is 0 Å². The van der Waals surface area contributed by atoms with Gasteiger partial charge in [0.05, 0.1) is 12.5 Å². The minimum absolute atomic E-state index is 0.172.